The number of carbonyl (C=O) groups excluding carboxylic acids is 1. The molecule has 0 saturated carbocycles. The van der Waals surface area contributed by atoms with E-state index in [4.69, 9.17) is 18.9 Å². The number of hydrogen-bond donors (Lipinski definition) is 0. The third kappa shape index (κ3) is 2.31. The molecule has 2 unspecified atom stereocenters. The maximum Gasteiger partial charge on any atom is 0.340 e. The highest BCUT2D eigenvalue weighted by atomic mass is 16.6. The first-order valence-electron chi connectivity index (χ1n) is 8.45. The summed E-state index contributed by atoms with van der Waals surface area (Å²) >= 11 is 0. The predicted octanol–water partition coefficient (Wildman–Crippen LogP) is 3.64. The summed E-state index contributed by atoms with van der Waals surface area (Å²) in [6.45, 7) is 2.30. The second kappa shape index (κ2) is 6.18. The molecule has 5 nitrogen and oxygen atoms in total. The largest absolute Gasteiger partial charge is 0.497 e. The van der Waals surface area contributed by atoms with Gasteiger partial charge in [-0.25, -0.2) is 4.79 Å². The minimum absolute atomic E-state index is 0.399. The van der Waals surface area contributed by atoms with Crippen molar-refractivity contribution >= 4 is 5.97 Å². The molecule has 2 bridgehead atoms. The van der Waals surface area contributed by atoms with Crippen LogP contribution < -0.4 is 4.74 Å². The molecule has 2 atom stereocenters. The number of methoxy groups -OCH3 is 2. The molecular weight excluding hydrogens is 332 g/mol. The van der Waals surface area contributed by atoms with E-state index in [2.05, 4.69) is 0 Å². The van der Waals surface area contributed by atoms with Crippen LogP contribution in [0.25, 0.3) is 0 Å². The maximum atomic E-state index is 12.4. The maximum absolute atomic E-state index is 12.4. The Kier molecular flexibility index (Phi) is 3.96. The molecule has 2 aliphatic rings. The van der Waals surface area contributed by atoms with E-state index in [-0.39, 0.29) is 0 Å². The normalized spacial score (nSPS) is 23.0. The molecule has 0 radical (unpaired) electrons. The Morgan fingerprint density at radius 3 is 2.58 bits per heavy atom. The number of ether oxygens (including phenoxy) is 4. The highest BCUT2D eigenvalue weighted by molar-refractivity contribution is 5.94. The van der Waals surface area contributed by atoms with E-state index >= 15 is 0 Å². The van der Waals surface area contributed by atoms with Crippen LogP contribution >= 0.6 is 0 Å². The molecule has 0 aromatic heterocycles. The molecule has 4 rings (SSSR count). The molecule has 0 spiro atoms. The van der Waals surface area contributed by atoms with E-state index < -0.39 is 17.7 Å². The van der Waals surface area contributed by atoms with Gasteiger partial charge in [0.2, 0.25) is 0 Å². The van der Waals surface area contributed by atoms with Crippen molar-refractivity contribution in [3.8, 4) is 5.75 Å². The third-order valence-corrected chi connectivity index (χ3v) is 4.98. The predicted molar refractivity (Wildman–Crippen MR) is 94.4 cm³/mol. The molecular formula is C21H20O5. The van der Waals surface area contributed by atoms with Crippen molar-refractivity contribution < 1.29 is 23.7 Å². The van der Waals surface area contributed by atoms with Crippen molar-refractivity contribution in [3.63, 3.8) is 0 Å². The van der Waals surface area contributed by atoms with Gasteiger partial charge >= 0.3 is 5.97 Å². The molecule has 0 saturated heterocycles. The van der Waals surface area contributed by atoms with E-state index in [1.807, 2.05) is 55.5 Å². The van der Waals surface area contributed by atoms with Crippen molar-refractivity contribution in [2.75, 3.05) is 14.2 Å². The topological polar surface area (TPSA) is 54.0 Å². The summed E-state index contributed by atoms with van der Waals surface area (Å²) in [5, 5.41) is 0. The number of carbonyl (C=O) groups is 1. The van der Waals surface area contributed by atoms with Gasteiger partial charge in [-0.15, -0.1) is 0 Å². The lowest BCUT2D eigenvalue weighted by Gasteiger charge is -2.27. The monoisotopic (exact) mass is 352 g/mol. The van der Waals surface area contributed by atoms with Crippen molar-refractivity contribution in [2.45, 2.75) is 25.2 Å². The lowest BCUT2D eigenvalue weighted by molar-refractivity contribution is -0.138. The molecule has 2 aromatic rings. The van der Waals surface area contributed by atoms with Gasteiger partial charge in [-0.1, -0.05) is 42.5 Å². The molecule has 0 amide bonds. The Morgan fingerprint density at radius 2 is 1.88 bits per heavy atom. The van der Waals surface area contributed by atoms with Gasteiger partial charge in [0.15, 0.2) is 0 Å². The zero-order chi connectivity index (χ0) is 18.3. The van der Waals surface area contributed by atoms with Gasteiger partial charge < -0.3 is 18.9 Å². The molecule has 2 heterocycles. The zero-order valence-electron chi connectivity index (χ0n) is 14.9. The summed E-state index contributed by atoms with van der Waals surface area (Å²) < 4.78 is 22.7. The van der Waals surface area contributed by atoms with Gasteiger partial charge in [-0.2, -0.15) is 0 Å². The summed E-state index contributed by atoms with van der Waals surface area (Å²) in [7, 11) is 2.90. The molecule has 134 valence electrons. The number of rotatable bonds is 5. The van der Waals surface area contributed by atoms with Gasteiger partial charge in [-0.05, 0) is 24.1 Å². The molecule has 0 aliphatic carbocycles. The van der Waals surface area contributed by atoms with Gasteiger partial charge in [0.25, 0.3) is 0 Å². The Labute approximate surface area is 152 Å². The van der Waals surface area contributed by atoms with Crippen molar-refractivity contribution in [3.05, 3.63) is 76.6 Å². The Bertz CT molecular complexity index is 887. The SMILES string of the molecule is COC(=O)C1=C(OC)C2OC1(C)c1c(OCc3ccccc3)cccc12. The van der Waals surface area contributed by atoms with Gasteiger partial charge in [-0.3, -0.25) is 0 Å². The fourth-order valence-electron chi connectivity index (χ4n) is 3.84. The Morgan fingerprint density at radius 1 is 1.12 bits per heavy atom. The fraction of sp³-hybridized carbons (Fsp3) is 0.286. The van der Waals surface area contributed by atoms with Crippen LogP contribution in [0.15, 0.2) is 59.9 Å². The molecule has 5 heteroatoms. The Balaban J connectivity index is 1.74. The second-order valence-corrected chi connectivity index (χ2v) is 6.46. The second-order valence-electron chi connectivity index (χ2n) is 6.46. The summed E-state index contributed by atoms with van der Waals surface area (Å²) in [6.07, 6.45) is -0.422. The first kappa shape index (κ1) is 16.7. The highest BCUT2D eigenvalue weighted by Gasteiger charge is 2.58. The molecule has 0 fully saturated rings. The summed E-state index contributed by atoms with van der Waals surface area (Å²) in [4.78, 5) is 12.4. The van der Waals surface area contributed by atoms with E-state index in [1.54, 1.807) is 7.11 Å². The summed E-state index contributed by atoms with van der Waals surface area (Å²) in [5.41, 5.74) is 2.34. The molecule has 2 aromatic carbocycles. The van der Waals surface area contributed by atoms with Crippen molar-refractivity contribution in [1.29, 1.82) is 0 Å². The van der Waals surface area contributed by atoms with Crippen LogP contribution in [0.5, 0.6) is 5.75 Å². The average molecular weight is 352 g/mol. The molecule has 0 N–H and O–H groups in total. The van der Waals surface area contributed by atoms with Crippen LogP contribution in [0.4, 0.5) is 0 Å². The quantitative estimate of drug-likeness (QED) is 0.769. The summed E-state index contributed by atoms with van der Waals surface area (Å²) in [6, 6.07) is 15.8. The van der Waals surface area contributed by atoms with Gasteiger partial charge in [0, 0.05) is 5.56 Å². The van der Waals surface area contributed by atoms with E-state index in [1.165, 1.54) is 7.11 Å². The lowest BCUT2D eigenvalue weighted by atomic mass is 9.80. The van der Waals surface area contributed by atoms with Crippen LogP contribution in [-0.4, -0.2) is 20.2 Å². The van der Waals surface area contributed by atoms with Crippen LogP contribution in [0.1, 0.15) is 29.7 Å². The van der Waals surface area contributed by atoms with Crippen LogP contribution in [0.3, 0.4) is 0 Å². The number of benzene rings is 2. The standard InChI is InChI=1S/C21H20O5/c1-21-16-14(18(26-21)19(23-2)17(21)20(22)24-3)10-7-11-15(16)25-12-13-8-5-4-6-9-13/h4-11,18H,12H2,1-3H3. The van der Waals surface area contributed by atoms with E-state index in [0.717, 1.165) is 16.7 Å². The first-order valence-corrected chi connectivity index (χ1v) is 8.45. The number of fused-ring (bicyclic) bond motifs is 5. The minimum Gasteiger partial charge on any atom is -0.497 e. The average Bonchev–Trinajstić information content (AvgIpc) is 3.15. The summed E-state index contributed by atoms with van der Waals surface area (Å²) in [5.74, 6) is 0.760. The van der Waals surface area contributed by atoms with Crippen molar-refractivity contribution in [2.24, 2.45) is 0 Å². The number of hydrogen-bond acceptors (Lipinski definition) is 5. The van der Waals surface area contributed by atoms with Crippen LogP contribution in [-0.2, 0) is 31.2 Å². The van der Waals surface area contributed by atoms with Crippen LogP contribution in [0, 0.1) is 0 Å². The third-order valence-electron chi connectivity index (χ3n) is 4.98. The number of esters is 1. The minimum atomic E-state index is -0.953. The van der Waals surface area contributed by atoms with Gasteiger partial charge in [0.1, 0.15) is 35.4 Å². The molecule has 2 aliphatic heterocycles. The lowest BCUT2D eigenvalue weighted by Crippen LogP contribution is -2.29. The zero-order valence-corrected chi connectivity index (χ0v) is 14.9. The van der Waals surface area contributed by atoms with Crippen LogP contribution in [0.2, 0.25) is 0 Å². The van der Waals surface area contributed by atoms with E-state index in [0.29, 0.717) is 23.7 Å². The highest BCUT2D eigenvalue weighted by Crippen LogP contribution is 2.60. The smallest absolute Gasteiger partial charge is 0.340 e. The fourth-order valence-corrected chi connectivity index (χ4v) is 3.84. The van der Waals surface area contributed by atoms with E-state index in [9.17, 15) is 4.79 Å². The Hall–Kier alpha value is -2.79. The molecule has 26 heavy (non-hydrogen) atoms. The van der Waals surface area contributed by atoms with Crippen molar-refractivity contribution in [1.82, 2.24) is 0 Å². The van der Waals surface area contributed by atoms with Gasteiger partial charge in [0.05, 0.1) is 14.2 Å². The first-order chi connectivity index (χ1) is 12.6.